The number of nitrogens with zero attached hydrogens (tertiary/aromatic N) is 1. The molecule has 0 aromatic heterocycles. The molecule has 0 unspecified atom stereocenters. The summed E-state index contributed by atoms with van der Waals surface area (Å²) in [7, 11) is -3.73. The Hall–Kier alpha value is -2.19. The summed E-state index contributed by atoms with van der Waals surface area (Å²) in [5.74, 6) is 0.175. The number of rotatable bonds is 6. The average Bonchev–Trinajstić information content (AvgIpc) is 3.22. The Kier molecular flexibility index (Phi) is 6.51. The van der Waals surface area contributed by atoms with E-state index < -0.39 is 10.0 Å². The van der Waals surface area contributed by atoms with E-state index in [0.717, 1.165) is 41.4 Å². The highest BCUT2D eigenvalue weighted by molar-refractivity contribution is 9.10. The van der Waals surface area contributed by atoms with Gasteiger partial charge in [-0.2, -0.15) is 18.4 Å². The molecule has 1 aliphatic rings. The van der Waals surface area contributed by atoms with Gasteiger partial charge in [-0.25, -0.2) is 0 Å². The zero-order valence-corrected chi connectivity index (χ0v) is 17.9. The summed E-state index contributed by atoms with van der Waals surface area (Å²) in [6.07, 6.45) is 4.13. The van der Waals surface area contributed by atoms with Crippen LogP contribution in [0.1, 0.15) is 38.2 Å². The van der Waals surface area contributed by atoms with E-state index in [1.165, 1.54) is 12.1 Å². The van der Waals surface area contributed by atoms with E-state index in [4.69, 9.17) is 0 Å². The van der Waals surface area contributed by atoms with Gasteiger partial charge in [-0.05, 0) is 61.7 Å². The van der Waals surface area contributed by atoms with Crippen molar-refractivity contribution in [2.75, 3.05) is 5.32 Å². The second-order valence-corrected chi connectivity index (χ2v) is 9.37. The van der Waals surface area contributed by atoms with Crippen molar-refractivity contribution in [2.24, 2.45) is 11.0 Å². The van der Waals surface area contributed by atoms with Crippen LogP contribution in [-0.2, 0) is 14.8 Å². The molecule has 1 amide bonds. The van der Waals surface area contributed by atoms with Crippen LogP contribution in [0.2, 0.25) is 0 Å². The van der Waals surface area contributed by atoms with Crippen LogP contribution >= 0.6 is 15.9 Å². The molecular weight excluding hydrogens is 442 g/mol. The molecule has 148 valence electrons. The highest BCUT2D eigenvalue weighted by atomic mass is 79.9. The minimum atomic E-state index is -3.73. The lowest BCUT2D eigenvalue weighted by Crippen LogP contribution is -2.20. The van der Waals surface area contributed by atoms with E-state index in [-0.39, 0.29) is 16.7 Å². The van der Waals surface area contributed by atoms with Crippen LogP contribution in [0.25, 0.3) is 0 Å². The lowest BCUT2D eigenvalue weighted by molar-refractivity contribution is -0.119. The van der Waals surface area contributed by atoms with Crippen LogP contribution in [-0.4, -0.2) is 20.0 Å². The molecule has 0 atom stereocenters. The zero-order chi connectivity index (χ0) is 20.1. The summed E-state index contributed by atoms with van der Waals surface area (Å²) in [6, 6.07) is 13.5. The maximum atomic E-state index is 12.3. The van der Waals surface area contributed by atoms with Crippen molar-refractivity contribution in [2.45, 2.75) is 37.5 Å². The molecule has 1 aliphatic carbocycles. The van der Waals surface area contributed by atoms with Crippen molar-refractivity contribution in [1.82, 2.24) is 4.83 Å². The Balaban J connectivity index is 1.64. The molecule has 0 spiro atoms. The normalized spacial score (nSPS) is 15.4. The fourth-order valence-corrected chi connectivity index (χ4v) is 4.21. The van der Waals surface area contributed by atoms with Gasteiger partial charge in [0.25, 0.3) is 10.0 Å². The number of carbonyl (C=O) groups excluding carboxylic acids is 1. The number of hydrogen-bond donors (Lipinski definition) is 2. The number of amides is 1. The molecule has 2 aromatic carbocycles. The molecule has 1 saturated carbocycles. The van der Waals surface area contributed by atoms with Gasteiger partial charge in [0, 0.05) is 16.1 Å². The van der Waals surface area contributed by atoms with Gasteiger partial charge < -0.3 is 5.32 Å². The molecule has 6 nitrogen and oxygen atoms in total. The molecule has 0 aliphatic heterocycles. The monoisotopic (exact) mass is 463 g/mol. The summed E-state index contributed by atoms with van der Waals surface area (Å²) in [6.45, 7) is 1.72. The number of carbonyl (C=O) groups is 1. The maximum absolute atomic E-state index is 12.3. The summed E-state index contributed by atoms with van der Waals surface area (Å²) >= 11 is 3.28. The Morgan fingerprint density at radius 3 is 2.25 bits per heavy atom. The number of hydrazone groups is 1. The van der Waals surface area contributed by atoms with Crippen molar-refractivity contribution < 1.29 is 13.2 Å². The summed E-state index contributed by atoms with van der Waals surface area (Å²) < 4.78 is 25.4. The number of nitrogens with one attached hydrogen (secondary N) is 2. The van der Waals surface area contributed by atoms with Crippen molar-refractivity contribution >= 4 is 43.3 Å². The van der Waals surface area contributed by atoms with Gasteiger partial charge in [0.1, 0.15) is 0 Å². The van der Waals surface area contributed by atoms with Crippen LogP contribution in [0.3, 0.4) is 0 Å². The van der Waals surface area contributed by atoms with Crippen LogP contribution < -0.4 is 10.1 Å². The molecule has 28 heavy (non-hydrogen) atoms. The smallest absolute Gasteiger partial charge is 0.276 e. The summed E-state index contributed by atoms with van der Waals surface area (Å²) in [5.41, 5.74) is 2.01. The lowest BCUT2D eigenvalue weighted by atomic mass is 10.1. The molecule has 0 heterocycles. The standard InChI is InChI=1S/C20H22BrN3O3S/c1-14(23-24-28(26,27)19-12-8-17(21)9-13-19)15-6-10-18(11-7-15)22-20(25)16-4-2-3-5-16/h6-13,16,24H,2-5H2,1H3,(H,22,25)/b23-14+. The predicted molar refractivity (Wildman–Crippen MR) is 114 cm³/mol. The SMILES string of the molecule is C/C(=N\NS(=O)(=O)c1ccc(Br)cc1)c1ccc(NC(=O)C2CCCC2)cc1. The van der Waals surface area contributed by atoms with Gasteiger partial charge in [-0.15, -0.1) is 0 Å². The third-order valence-corrected chi connectivity index (χ3v) is 6.51. The van der Waals surface area contributed by atoms with E-state index in [2.05, 4.69) is 31.2 Å². The first-order valence-corrected chi connectivity index (χ1v) is 11.4. The second-order valence-electron chi connectivity index (χ2n) is 6.79. The molecule has 2 aromatic rings. The fourth-order valence-electron chi connectivity index (χ4n) is 3.09. The summed E-state index contributed by atoms with van der Waals surface area (Å²) in [5, 5.41) is 6.94. The lowest BCUT2D eigenvalue weighted by Gasteiger charge is -2.11. The molecule has 8 heteroatoms. The first kappa shape index (κ1) is 20.5. The van der Waals surface area contributed by atoms with Gasteiger partial charge in [-0.3, -0.25) is 4.79 Å². The fraction of sp³-hybridized carbons (Fsp3) is 0.300. The van der Waals surface area contributed by atoms with Gasteiger partial charge in [0.15, 0.2) is 0 Å². The van der Waals surface area contributed by atoms with Crippen molar-refractivity contribution in [3.8, 4) is 0 Å². The first-order valence-electron chi connectivity index (χ1n) is 9.08. The maximum Gasteiger partial charge on any atom is 0.276 e. The van der Waals surface area contributed by atoms with Crippen LogP contribution in [0.15, 0.2) is 63.0 Å². The minimum absolute atomic E-state index is 0.0675. The van der Waals surface area contributed by atoms with E-state index in [9.17, 15) is 13.2 Å². The molecular formula is C20H22BrN3O3S. The highest BCUT2D eigenvalue weighted by Crippen LogP contribution is 2.26. The van der Waals surface area contributed by atoms with Gasteiger partial charge in [0.2, 0.25) is 5.91 Å². The highest BCUT2D eigenvalue weighted by Gasteiger charge is 2.22. The van der Waals surface area contributed by atoms with E-state index in [0.29, 0.717) is 5.71 Å². The molecule has 1 fully saturated rings. The van der Waals surface area contributed by atoms with E-state index in [1.54, 1.807) is 43.3 Å². The number of benzene rings is 2. The largest absolute Gasteiger partial charge is 0.326 e. The average molecular weight is 464 g/mol. The van der Waals surface area contributed by atoms with Gasteiger partial charge in [-0.1, -0.05) is 40.9 Å². The predicted octanol–water partition coefficient (Wildman–Crippen LogP) is 4.28. The number of halogens is 1. The van der Waals surface area contributed by atoms with E-state index in [1.807, 2.05) is 0 Å². The van der Waals surface area contributed by atoms with Gasteiger partial charge >= 0.3 is 0 Å². The summed E-state index contributed by atoms with van der Waals surface area (Å²) in [4.78, 5) is 14.6. The molecule has 3 rings (SSSR count). The van der Waals surface area contributed by atoms with Gasteiger partial charge in [0.05, 0.1) is 10.6 Å². The van der Waals surface area contributed by atoms with Crippen LogP contribution in [0.4, 0.5) is 5.69 Å². The second kappa shape index (κ2) is 8.87. The third kappa shape index (κ3) is 5.20. The van der Waals surface area contributed by atoms with Crippen molar-refractivity contribution in [3.63, 3.8) is 0 Å². The Morgan fingerprint density at radius 1 is 1.04 bits per heavy atom. The zero-order valence-electron chi connectivity index (χ0n) is 15.5. The minimum Gasteiger partial charge on any atom is -0.326 e. The van der Waals surface area contributed by atoms with E-state index >= 15 is 0 Å². The number of hydrogen-bond acceptors (Lipinski definition) is 4. The Labute approximate surface area is 173 Å². The topological polar surface area (TPSA) is 87.6 Å². The number of anilines is 1. The van der Waals surface area contributed by atoms with Crippen molar-refractivity contribution in [1.29, 1.82) is 0 Å². The number of sulfonamides is 1. The molecule has 0 radical (unpaired) electrons. The Morgan fingerprint density at radius 2 is 1.64 bits per heavy atom. The van der Waals surface area contributed by atoms with Crippen molar-refractivity contribution in [3.05, 3.63) is 58.6 Å². The first-order chi connectivity index (χ1) is 13.3. The Bertz CT molecular complexity index is 965. The third-order valence-electron chi connectivity index (χ3n) is 4.75. The molecule has 2 N–H and O–H groups in total. The molecule has 0 bridgehead atoms. The quantitative estimate of drug-likeness (QED) is 0.494. The van der Waals surface area contributed by atoms with Crippen LogP contribution in [0.5, 0.6) is 0 Å². The van der Waals surface area contributed by atoms with Crippen LogP contribution in [0, 0.1) is 5.92 Å². The molecule has 0 saturated heterocycles.